The molecule has 1 aromatic carbocycles. The molecule has 0 spiro atoms. The number of nitrogens with one attached hydrogen (secondary N) is 1. The van der Waals surface area contributed by atoms with Gasteiger partial charge in [-0.2, -0.15) is 0 Å². The maximum Gasteiger partial charge on any atom is 0.326 e. The van der Waals surface area contributed by atoms with Crippen molar-refractivity contribution in [3.8, 4) is 0 Å². The van der Waals surface area contributed by atoms with E-state index in [2.05, 4.69) is 11.9 Å². The molecule has 25 heavy (non-hydrogen) atoms. The number of nitro benzene ring substituents is 1. The highest BCUT2D eigenvalue weighted by Gasteiger charge is 2.25. The molecule has 1 saturated heterocycles. The number of benzene rings is 1. The van der Waals surface area contributed by atoms with Crippen LogP contribution in [0.15, 0.2) is 30.9 Å². The molecule has 1 amide bonds. The Hall–Kier alpha value is -2.90. The number of amides is 1. The number of carbonyl (C=O) groups excluding carboxylic acids is 1. The number of aliphatic carboxylic acids is 1. The summed E-state index contributed by atoms with van der Waals surface area (Å²) in [6, 6.07) is 3.18. The van der Waals surface area contributed by atoms with Crippen LogP contribution < -0.4 is 10.2 Å². The molecular weight excluding hydrogens is 326 g/mol. The van der Waals surface area contributed by atoms with E-state index >= 15 is 0 Å². The van der Waals surface area contributed by atoms with Crippen LogP contribution in [-0.4, -0.2) is 41.0 Å². The van der Waals surface area contributed by atoms with E-state index in [0.29, 0.717) is 12.1 Å². The minimum Gasteiger partial charge on any atom is -0.480 e. The number of nitro groups is 1. The standard InChI is InChI=1S/C17H21N3O5/c1-2-3-6-13(17(22)23)18-16(21)12-7-8-14(15(11-12)20(24)25)19-9-4-5-10-19/h2,7-8,11,13H,1,3-6,9-10H2,(H,18,21)(H,22,23). The lowest BCUT2D eigenvalue weighted by molar-refractivity contribution is -0.384. The summed E-state index contributed by atoms with van der Waals surface area (Å²) in [6.45, 7) is 5.01. The molecule has 8 nitrogen and oxygen atoms in total. The molecule has 1 atom stereocenters. The quantitative estimate of drug-likeness (QED) is 0.424. The van der Waals surface area contributed by atoms with E-state index < -0.39 is 22.8 Å². The lowest BCUT2D eigenvalue weighted by Gasteiger charge is -2.18. The number of carboxylic acid groups (broad SMARTS) is 1. The highest BCUT2D eigenvalue weighted by Crippen LogP contribution is 2.31. The minimum atomic E-state index is -1.15. The van der Waals surface area contributed by atoms with Crippen LogP contribution in [0.1, 0.15) is 36.0 Å². The average molecular weight is 347 g/mol. The molecule has 0 saturated carbocycles. The third kappa shape index (κ3) is 4.56. The third-order valence-electron chi connectivity index (χ3n) is 4.14. The highest BCUT2D eigenvalue weighted by atomic mass is 16.6. The van der Waals surface area contributed by atoms with E-state index in [-0.39, 0.29) is 17.7 Å². The van der Waals surface area contributed by atoms with E-state index in [0.717, 1.165) is 25.9 Å². The maximum absolute atomic E-state index is 12.3. The van der Waals surface area contributed by atoms with Gasteiger partial charge in [0.25, 0.3) is 11.6 Å². The fourth-order valence-electron chi connectivity index (χ4n) is 2.82. The van der Waals surface area contributed by atoms with E-state index in [1.165, 1.54) is 12.1 Å². The molecule has 0 aliphatic carbocycles. The summed E-state index contributed by atoms with van der Waals surface area (Å²) in [4.78, 5) is 36.3. The molecule has 0 aromatic heterocycles. The fourth-order valence-corrected chi connectivity index (χ4v) is 2.82. The van der Waals surface area contributed by atoms with Crippen LogP contribution in [0.3, 0.4) is 0 Å². The molecule has 1 unspecified atom stereocenters. The third-order valence-corrected chi connectivity index (χ3v) is 4.14. The normalized spacial score (nSPS) is 14.8. The number of hydrogen-bond donors (Lipinski definition) is 2. The summed E-state index contributed by atoms with van der Waals surface area (Å²) in [5.41, 5.74) is 0.410. The Bertz CT molecular complexity index is 683. The Balaban J connectivity index is 2.21. The van der Waals surface area contributed by atoms with Crippen LogP contribution in [0.2, 0.25) is 0 Å². The lowest BCUT2D eigenvalue weighted by atomic mass is 10.1. The fraction of sp³-hybridized carbons (Fsp3) is 0.412. The second-order valence-corrected chi connectivity index (χ2v) is 5.89. The second kappa shape index (κ2) is 8.27. The number of anilines is 1. The summed E-state index contributed by atoms with van der Waals surface area (Å²) in [5.74, 6) is -1.80. The zero-order valence-electron chi connectivity index (χ0n) is 13.8. The number of nitrogens with zero attached hydrogens (tertiary/aromatic N) is 2. The van der Waals surface area contributed by atoms with Gasteiger partial charge < -0.3 is 15.3 Å². The van der Waals surface area contributed by atoms with E-state index in [9.17, 15) is 19.7 Å². The first-order valence-electron chi connectivity index (χ1n) is 8.12. The molecule has 0 radical (unpaired) electrons. The van der Waals surface area contributed by atoms with Crippen LogP contribution in [0.5, 0.6) is 0 Å². The molecule has 8 heteroatoms. The Morgan fingerprint density at radius 2 is 2.08 bits per heavy atom. The van der Waals surface area contributed by atoms with Crippen molar-refractivity contribution in [2.45, 2.75) is 31.7 Å². The Morgan fingerprint density at radius 1 is 1.40 bits per heavy atom. The van der Waals surface area contributed by atoms with Gasteiger partial charge in [-0.1, -0.05) is 6.08 Å². The van der Waals surface area contributed by atoms with Crippen LogP contribution in [0.25, 0.3) is 0 Å². The molecule has 1 fully saturated rings. The zero-order chi connectivity index (χ0) is 18.4. The van der Waals surface area contributed by atoms with Crippen LogP contribution in [-0.2, 0) is 4.79 Å². The number of rotatable bonds is 8. The number of allylic oxidation sites excluding steroid dienone is 1. The van der Waals surface area contributed by atoms with Crippen LogP contribution >= 0.6 is 0 Å². The lowest BCUT2D eigenvalue weighted by Crippen LogP contribution is -2.40. The van der Waals surface area contributed by atoms with Crippen molar-refractivity contribution in [1.82, 2.24) is 5.32 Å². The largest absolute Gasteiger partial charge is 0.480 e. The van der Waals surface area contributed by atoms with Gasteiger partial charge in [-0.3, -0.25) is 14.9 Å². The van der Waals surface area contributed by atoms with Crippen molar-refractivity contribution in [2.24, 2.45) is 0 Å². The van der Waals surface area contributed by atoms with Crippen molar-refractivity contribution in [2.75, 3.05) is 18.0 Å². The molecule has 1 aromatic rings. The number of carbonyl (C=O) groups is 2. The van der Waals surface area contributed by atoms with Gasteiger partial charge in [0.15, 0.2) is 0 Å². The number of hydrogen-bond acceptors (Lipinski definition) is 5. The van der Waals surface area contributed by atoms with Gasteiger partial charge in [-0.15, -0.1) is 6.58 Å². The van der Waals surface area contributed by atoms with E-state index in [1.54, 1.807) is 12.1 Å². The topological polar surface area (TPSA) is 113 Å². The van der Waals surface area contributed by atoms with Crippen molar-refractivity contribution >= 4 is 23.3 Å². The Morgan fingerprint density at radius 3 is 2.64 bits per heavy atom. The summed E-state index contributed by atoms with van der Waals surface area (Å²) < 4.78 is 0. The van der Waals surface area contributed by atoms with Crippen molar-refractivity contribution < 1.29 is 19.6 Å². The minimum absolute atomic E-state index is 0.0690. The van der Waals surface area contributed by atoms with Gasteiger partial charge in [0.05, 0.1) is 4.92 Å². The van der Waals surface area contributed by atoms with Gasteiger partial charge in [0, 0.05) is 24.7 Å². The molecule has 2 rings (SSSR count). The molecule has 134 valence electrons. The van der Waals surface area contributed by atoms with E-state index in [1.807, 2.05) is 4.90 Å². The molecule has 0 bridgehead atoms. The molecule has 1 heterocycles. The predicted octanol–water partition coefficient (Wildman–Crippen LogP) is 2.34. The predicted molar refractivity (Wildman–Crippen MR) is 92.9 cm³/mol. The molecule has 1 aliphatic heterocycles. The van der Waals surface area contributed by atoms with Gasteiger partial charge in [-0.05, 0) is 37.8 Å². The maximum atomic E-state index is 12.3. The zero-order valence-corrected chi connectivity index (χ0v) is 13.8. The Kier molecular flexibility index (Phi) is 6.10. The summed E-state index contributed by atoms with van der Waals surface area (Å²) in [5, 5.41) is 22.9. The first-order valence-corrected chi connectivity index (χ1v) is 8.12. The summed E-state index contributed by atoms with van der Waals surface area (Å²) >= 11 is 0. The smallest absolute Gasteiger partial charge is 0.326 e. The van der Waals surface area contributed by atoms with Crippen LogP contribution in [0, 0.1) is 10.1 Å². The Labute approximate surface area is 145 Å². The van der Waals surface area contributed by atoms with Crippen molar-refractivity contribution in [3.05, 3.63) is 46.5 Å². The highest BCUT2D eigenvalue weighted by molar-refractivity contribution is 5.97. The van der Waals surface area contributed by atoms with E-state index in [4.69, 9.17) is 5.11 Å². The molecular formula is C17H21N3O5. The summed E-state index contributed by atoms with van der Waals surface area (Å²) in [7, 11) is 0. The van der Waals surface area contributed by atoms with Gasteiger partial charge in [0.2, 0.25) is 0 Å². The van der Waals surface area contributed by atoms with Crippen LogP contribution in [0.4, 0.5) is 11.4 Å². The monoisotopic (exact) mass is 347 g/mol. The van der Waals surface area contributed by atoms with Gasteiger partial charge in [-0.25, -0.2) is 4.79 Å². The van der Waals surface area contributed by atoms with Gasteiger partial charge >= 0.3 is 5.97 Å². The molecule has 2 N–H and O–H groups in total. The number of carboxylic acids is 1. The second-order valence-electron chi connectivity index (χ2n) is 5.89. The van der Waals surface area contributed by atoms with Gasteiger partial charge in [0.1, 0.15) is 11.7 Å². The molecule has 1 aliphatic rings. The van der Waals surface area contributed by atoms with Crippen molar-refractivity contribution in [3.63, 3.8) is 0 Å². The first kappa shape index (κ1) is 18.4. The van der Waals surface area contributed by atoms with Crippen molar-refractivity contribution in [1.29, 1.82) is 0 Å². The average Bonchev–Trinajstić information content (AvgIpc) is 3.11. The summed E-state index contributed by atoms with van der Waals surface area (Å²) in [6.07, 6.45) is 4.16. The first-order chi connectivity index (χ1) is 11.9. The SMILES string of the molecule is C=CCCC(NC(=O)c1ccc(N2CCCC2)c([N+](=O)[O-])c1)C(=O)O.